The maximum atomic E-state index is 12.3. The summed E-state index contributed by atoms with van der Waals surface area (Å²) in [5.74, 6) is -0.0246. The third-order valence-electron chi connectivity index (χ3n) is 3.28. The zero-order chi connectivity index (χ0) is 14.8. The van der Waals surface area contributed by atoms with Crippen molar-refractivity contribution in [1.29, 1.82) is 0 Å². The summed E-state index contributed by atoms with van der Waals surface area (Å²) in [6.07, 6.45) is 1.73. The fraction of sp³-hybridized carbons (Fsp3) is 0.0625. The van der Waals surface area contributed by atoms with E-state index in [0.29, 0.717) is 21.3 Å². The molecule has 1 aromatic heterocycles. The van der Waals surface area contributed by atoms with E-state index in [2.05, 4.69) is 10.3 Å². The van der Waals surface area contributed by atoms with Crippen LogP contribution in [0.25, 0.3) is 10.9 Å². The monoisotopic (exact) mass is 318 g/mol. The van der Waals surface area contributed by atoms with Gasteiger partial charge in [-0.1, -0.05) is 47.5 Å². The molecule has 106 valence electrons. The fourth-order valence-corrected chi connectivity index (χ4v) is 2.76. The molecule has 1 heterocycles. The normalized spacial score (nSPS) is 10.8. The van der Waals surface area contributed by atoms with Crippen molar-refractivity contribution in [2.75, 3.05) is 11.9 Å². The Kier molecular flexibility index (Phi) is 3.86. The number of benzene rings is 2. The second kappa shape index (κ2) is 5.80. The minimum atomic E-state index is -0.0246. The van der Waals surface area contributed by atoms with Gasteiger partial charge >= 0.3 is 0 Å². The number of carbonyl (C=O) groups is 1. The minimum Gasteiger partial charge on any atom is -0.375 e. The Hall–Kier alpha value is -1.97. The number of aromatic amines is 1. The van der Waals surface area contributed by atoms with Gasteiger partial charge in [-0.15, -0.1) is 0 Å². The van der Waals surface area contributed by atoms with E-state index in [0.717, 1.165) is 10.9 Å². The molecule has 0 spiro atoms. The molecule has 0 atom stereocenters. The van der Waals surface area contributed by atoms with Crippen LogP contribution in [0.3, 0.4) is 0 Å². The largest absolute Gasteiger partial charge is 0.375 e. The summed E-state index contributed by atoms with van der Waals surface area (Å²) in [5.41, 5.74) is 2.17. The van der Waals surface area contributed by atoms with Crippen LogP contribution in [-0.2, 0) is 0 Å². The van der Waals surface area contributed by atoms with Gasteiger partial charge in [0.05, 0.1) is 22.3 Å². The first-order valence-corrected chi connectivity index (χ1v) is 7.19. The molecule has 0 saturated heterocycles. The maximum absolute atomic E-state index is 12.3. The molecule has 0 bridgehead atoms. The third kappa shape index (κ3) is 2.75. The van der Waals surface area contributed by atoms with Crippen molar-refractivity contribution in [3.05, 3.63) is 64.3 Å². The summed E-state index contributed by atoms with van der Waals surface area (Å²) in [4.78, 5) is 15.4. The fourth-order valence-electron chi connectivity index (χ4n) is 2.23. The zero-order valence-corrected chi connectivity index (χ0v) is 12.5. The van der Waals surface area contributed by atoms with Gasteiger partial charge in [-0.05, 0) is 18.2 Å². The Morgan fingerprint density at radius 2 is 1.76 bits per heavy atom. The lowest BCUT2D eigenvalue weighted by molar-refractivity contribution is 0.101. The van der Waals surface area contributed by atoms with E-state index >= 15 is 0 Å². The van der Waals surface area contributed by atoms with E-state index in [1.54, 1.807) is 24.4 Å². The van der Waals surface area contributed by atoms with E-state index in [9.17, 15) is 4.79 Å². The predicted molar refractivity (Wildman–Crippen MR) is 87.6 cm³/mol. The van der Waals surface area contributed by atoms with Crippen LogP contribution in [0, 0.1) is 0 Å². The molecular formula is C16H12Cl2N2O. The van der Waals surface area contributed by atoms with Crippen LogP contribution < -0.4 is 5.32 Å². The molecule has 5 heteroatoms. The first-order valence-electron chi connectivity index (χ1n) is 6.44. The highest BCUT2D eigenvalue weighted by Crippen LogP contribution is 2.29. The van der Waals surface area contributed by atoms with Gasteiger partial charge in [0.15, 0.2) is 5.78 Å². The van der Waals surface area contributed by atoms with Gasteiger partial charge in [0.1, 0.15) is 0 Å². The smallest absolute Gasteiger partial charge is 0.183 e. The van der Waals surface area contributed by atoms with E-state index in [1.165, 1.54) is 0 Å². The van der Waals surface area contributed by atoms with Gasteiger partial charge in [-0.3, -0.25) is 4.79 Å². The molecule has 0 saturated carbocycles. The van der Waals surface area contributed by atoms with Gasteiger partial charge < -0.3 is 10.3 Å². The van der Waals surface area contributed by atoms with Crippen LogP contribution in [0.5, 0.6) is 0 Å². The summed E-state index contributed by atoms with van der Waals surface area (Å²) in [5, 5.41) is 4.91. The highest BCUT2D eigenvalue weighted by atomic mass is 35.5. The van der Waals surface area contributed by atoms with Gasteiger partial charge in [-0.2, -0.15) is 0 Å². The van der Waals surface area contributed by atoms with Crippen molar-refractivity contribution < 1.29 is 4.79 Å². The number of anilines is 1. The number of ketones is 1. The Morgan fingerprint density at radius 1 is 1.05 bits per heavy atom. The summed E-state index contributed by atoms with van der Waals surface area (Å²) < 4.78 is 0. The molecule has 0 aliphatic heterocycles. The molecule has 3 aromatic rings. The van der Waals surface area contributed by atoms with Crippen LogP contribution in [0.2, 0.25) is 10.0 Å². The second-order valence-electron chi connectivity index (χ2n) is 4.62. The van der Waals surface area contributed by atoms with Gasteiger partial charge in [0.2, 0.25) is 0 Å². The number of para-hydroxylation sites is 2. The molecule has 0 fully saturated rings. The summed E-state index contributed by atoms with van der Waals surface area (Å²) >= 11 is 12.1. The van der Waals surface area contributed by atoms with Crippen LogP contribution in [0.15, 0.2) is 48.7 Å². The van der Waals surface area contributed by atoms with Gasteiger partial charge in [0, 0.05) is 22.7 Å². The van der Waals surface area contributed by atoms with Crippen molar-refractivity contribution in [2.24, 2.45) is 0 Å². The Balaban J connectivity index is 1.81. The number of fused-ring (bicyclic) bond motifs is 1. The molecule has 3 nitrogen and oxygen atoms in total. The van der Waals surface area contributed by atoms with Crippen molar-refractivity contribution in [2.45, 2.75) is 0 Å². The van der Waals surface area contributed by atoms with Crippen LogP contribution >= 0.6 is 23.2 Å². The average Bonchev–Trinajstić information content (AvgIpc) is 2.90. The molecule has 2 aromatic carbocycles. The Labute approximate surface area is 131 Å². The van der Waals surface area contributed by atoms with E-state index in [4.69, 9.17) is 23.2 Å². The number of Topliss-reactive ketones (excluding diaryl/α,β-unsaturated/α-hetero) is 1. The van der Waals surface area contributed by atoms with Crippen LogP contribution in [0.1, 0.15) is 10.4 Å². The van der Waals surface area contributed by atoms with E-state index in [1.807, 2.05) is 24.3 Å². The number of hydrogen-bond donors (Lipinski definition) is 2. The highest BCUT2D eigenvalue weighted by Gasteiger charge is 2.13. The average molecular weight is 319 g/mol. The number of aromatic nitrogens is 1. The first-order chi connectivity index (χ1) is 10.2. The van der Waals surface area contributed by atoms with Gasteiger partial charge in [0.25, 0.3) is 0 Å². The van der Waals surface area contributed by atoms with Crippen molar-refractivity contribution in [3.63, 3.8) is 0 Å². The third-order valence-corrected chi connectivity index (χ3v) is 3.91. The first kappa shape index (κ1) is 14.0. The zero-order valence-electron chi connectivity index (χ0n) is 11.0. The molecule has 0 aliphatic rings. The highest BCUT2D eigenvalue weighted by molar-refractivity contribution is 6.39. The van der Waals surface area contributed by atoms with Crippen molar-refractivity contribution in [1.82, 2.24) is 4.98 Å². The molecule has 21 heavy (non-hydrogen) atoms. The number of H-pyrrole nitrogens is 1. The molecule has 0 unspecified atom stereocenters. The predicted octanol–water partition coefficient (Wildman–Crippen LogP) is 4.77. The standard InChI is InChI=1S/C16H12Cl2N2O/c17-12-5-3-6-13(18)16(12)20-9-15(21)11-8-19-14-7-2-1-4-10(11)14/h1-8,19-20H,9H2. The molecule has 0 radical (unpaired) electrons. The Morgan fingerprint density at radius 3 is 2.52 bits per heavy atom. The van der Waals surface area contributed by atoms with E-state index in [-0.39, 0.29) is 12.3 Å². The topological polar surface area (TPSA) is 44.9 Å². The second-order valence-corrected chi connectivity index (χ2v) is 5.44. The number of carbonyl (C=O) groups excluding carboxylic acids is 1. The lowest BCUT2D eigenvalue weighted by Gasteiger charge is -2.09. The molecule has 2 N–H and O–H groups in total. The minimum absolute atomic E-state index is 0.0246. The maximum Gasteiger partial charge on any atom is 0.183 e. The lowest BCUT2D eigenvalue weighted by atomic mass is 10.1. The lowest BCUT2D eigenvalue weighted by Crippen LogP contribution is -2.14. The van der Waals surface area contributed by atoms with Crippen molar-refractivity contribution >= 4 is 45.6 Å². The van der Waals surface area contributed by atoms with Crippen LogP contribution in [-0.4, -0.2) is 17.3 Å². The quantitative estimate of drug-likeness (QED) is 0.680. The summed E-state index contributed by atoms with van der Waals surface area (Å²) in [7, 11) is 0. The summed E-state index contributed by atoms with van der Waals surface area (Å²) in [6.45, 7) is 0.130. The number of nitrogens with one attached hydrogen (secondary N) is 2. The molecule has 3 rings (SSSR count). The molecular weight excluding hydrogens is 307 g/mol. The van der Waals surface area contributed by atoms with E-state index < -0.39 is 0 Å². The SMILES string of the molecule is O=C(CNc1c(Cl)cccc1Cl)c1c[nH]c2ccccc12. The van der Waals surface area contributed by atoms with Crippen molar-refractivity contribution in [3.8, 4) is 0 Å². The number of rotatable bonds is 4. The molecule has 0 amide bonds. The number of halogens is 2. The van der Waals surface area contributed by atoms with Crippen LogP contribution in [0.4, 0.5) is 5.69 Å². The summed E-state index contributed by atoms with van der Waals surface area (Å²) in [6, 6.07) is 12.9. The molecule has 0 aliphatic carbocycles. The Bertz CT molecular complexity index is 791. The number of hydrogen-bond acceptors (Lipinski definition) is 2. The van der Waals surface area contributed by atoms with Gasteiger partial charge in [-0.25, -0.2) is 0 Å².